The van der Waals surface area contributed by atoms with Crippen LogP contribution in [0.5, 0.6) is 11.5 Å². The number of phenolic OH excluding ortho intramolecular Hbond substituents is 2. The molecule has 9 nitrogen and oxygen atoms in total. The number of halogens is 3. The molecule has 5 rings (SSSR count). The Morgan fingerprint density at radius 1 is 1.06 bits per heavy atom. The average molecular weight is 448 g/mol. The summed E-state index contributed by atoms with van der Waals surface area (Å²) in [6, 6.07) is 1.07. The lowest BCUT2D eigenvalue weighted by molar-refractivity contribution is 0.0695. The topological polar surface area (TPSA) is 142 Å². The number of carbonyl (C=O) groups is 1. The fourth-order valence-electron chi connectivity index (χ4n) is 4.32. The molecule has 1 saturated heterocycles. The van der Waals surface area contributed by atoms with E-state index < -0.39 is 57.0 Å². The van der Waals surface area contributed by atoms with E-state index in [2.05, 4.69) is 4.98 Å². The Morgan fingerprint density at radius 2 is 1.72 bits per heavy atom. The Bertz CT molecular complexity index is 1380. The standard InChI is InChI=1S/C20H15F3N4O5/c21-10-2-11(22)16(29)17(30)14(10)27-5-9(20(31)32)15(28)6-1-12(23)19(25-18(6)27)26-3-7-8(4-26)13(7)24/h1-2,5,7-8,13,29-30H,3-4,24H2,(H,31,32)/t7-,8+,13?. The van der Waals surface area contributed by atoms with Crippen LogP contribution in [0, 0.1) is 29.3 Å². The van der Waals surface area contributed by atoms with Crippen LogP contribution in [0.2, 0.25) is 0 Å². The lowest BCUT2D eigenvalue weighted by Gasteiger charge is -2.22. The molecule has 3 heterocycles. The van der Waals surface area contributed by atoms with Gasteiger partial charge in [0.2, 0.25) is 5.43 Å². The third kappa shape index (κ3) is 2.72. The van der Waals surface area contributed by atoms with Gasteiger partial charge >= 0.3 is 5.97 Å². The van der Waals surface area contributed by atoms with Crippen molar-refractivity contribution in [3.63, 3.8) is 0 Å². The number of hydrogen-bond acceptors (Lipinski definition) is 7. The number of fused-ring (bicyclic) bond motifs is 2. The Morgan fingerprint density at radius 3 is 2.34 bits per heavy atom. The molecular formula is C20H15F3N4O5. The molecule has 1 unspecified atom stereocenters. The lowest BCUT2D eigenvalue weighted by atomic mass is 10.1. The second-order valence-electron chi connectivity index (χ2n) is 7.91. The predicted molar refractivity (Wildman–Crippen MR) is 105 cm³/mol. The molecule has 0 spiro atoms. The first-order valence-electron chi connectivity index (χ1n) is 9.50. The van der Waals surface area contributed by atoms with E-state index in [1.807, 2.05) is 0 Å². The van der Waals surface area contributed by atoms with Crippen LogP contribution in [-0.2, 0) is 0 Å². The Hall–Kier alpha value is -3.80. The summed E-state index contributed by atoms with van der Waals surface area (Å²) in [6.07, 6.45) is 0.675. The summed E-state index contributed by atoms with van der Waals surface area (Å²) in [4.78, 5) is 29.9. The van der Waals surface area contributed by atoms with Gasteiger partial charge in [-0.1, -0.05) is 0 Å². The lowest BCUT2D eigenvalue weighted by Crippen LogP contribution is -2.30. The fraction of sp³-hybridized carbons (Fsp3) is 0.250. The van der Waals surface area contributed by atoms with Crippen molar-refractivity contribution in [2.24, 2.45) is 17.6 Å². The number of nitrogens with zero attached hydrogens (tertiary/aromatic N) is 3. The SMILES string of the molecule is NC1[C@H]2CN(c3nc4c(cc3F)c(=O)c(C(=O)O)cn4-c3c(F)cc(F)c(O)c3O)C[C@@H]12. The van der Waals surface area contributed by atoms with Crippen LogP contribution in [-0.4, -0.2) is 50.0 Å². The van der Waals surface area contributed by atoms with Gasteiger partial charge in [-0.25, -0.2) is 22.9 Å². The van der Waals surface area contributed by atoms with Crippen molar-refractivity contribution < 1.29 is 33.3 Å². The van der Waals surface area contributed by atoms with Gasteiger partial charge in [0.15, 0.2) is 40.4 Å². The number of carboxylic acids is 1. The number of anilines is 1. The number of pyridine rings is 2. The molecule has 1 aliphatic carbocycles. The Labute approximate surface area is 176 Å². The van der Waals surface area contributed by atoms with Crippen LogP contribution >= 0.6 is 0 Å². The highest BCUT2D eigenvalue weighted by Crippen LogP contribution is 2.45. The van der Waals surface area contributed by atoms with Gasteiger partial charge in [-0.15, -0.1) is 0 Å². The van der Waals surface area contributed by atoms with Gasteiger partial charge in [-0.3, -0.25) is 9.36 Å². The summed E-state index contributed by atoms with van der Waals surface area (Å²) in [5.41, 5.74) is 2.70. The van der Waals surface area contributed by atoms with Gasteiger partial charge in [0.25, 0.3) is 0 Å². The second-order valence-corrected chi connectivity index (χ2v) is 7.91. The highest BCUT2D eigenvalue weighted by molar-refractivity contribution is 5.93. The van der Waals surface area contributed by atoms with Crippen molar-refractivity contribution in [1.29, 1.82) is 0 Å². The van der Waals surface area contributed by atoms with E-state index in [1.54, 1.807) is 4.90 Å². The zero-order valence-electron chi connectivity index (χ0n) is 16.1. The number of piperidine rings is 1. The largest absolute Gasteiger partial charge is 0.503 e. The van der Waals surface area contributed by atoms with E-state index in [0.717, 1.165) is 6.07 Å². The zero-order valence-corrected chi connectivity index (χ0v) is 16.1. The first-order valence-corrected chi connectivity index (χ1v) is 9.50. The Balaban J connectivity index is 1.81. The smallest absolute Gasteiger partial charge is 0.341 e. The number of hydrogen-bond donors (Lipinski definition) is 4. The van der Waals surface area contributed by atoms with E-state index in [9.17, 15) is 38.1 Å². The average Bonchev–Trinajstić information content (AvgIpc) is 3.12. The third-order valence-corrected chi connectivity index (χ3v) is 6.10. The normalized spacial score (nSPS) is 21.8. The van der Waals surface area contributed by atoms with Gasteiger partial charge < -0.3 is 26.0 Å². The number of phenols is 2. The van der Waals surface area contributed by atoms with Crippen LogP contribution in [0.1, 0.15) is 10.4 Å². The summed E-state index contributed by atoms with van der Waals surface area (Å²) in [6.45, 7) is 0.825. The molecule has 0 radical (unpaired) electrons. The highest BCUT2D eigenvalue weighted by atomic mass is 19.1. The van der Waals surface area contributed by atoms with E-state index in [-0.39, 0.29) is 35.4 Å². The molecule has 0 amide bonds. The quantitative estimate of drug-likeness (QED) is 0.440. The minimum atomic E-state index is -1.70. The van der Waals surface area contributed by atoms with Gasteiger partial charge in [0, 0.05) is 31.4 Å². The monoisotopic (exact) mass is 448 g/mol. The molecule has 32 heavy (non-hydrogen) atoms. The second kappa shape index (κ2) is 6.60. The number of rotatable bonds is 3. The molecular weight excluding hydrogens is 433 g/mol. The van der Waals surface area contributed by atoms with Crippen LogP contribution in [0.4, 0.5) is 19.0 Å². The molecule has 1 aliphatic heterocycles. The first kappa shape index (κ1) is 20.1. The van der Waals surface area contributed by atoms with Gasteiger partial charge in [0.05, 0.1) is 5.39 Å². The number of benzene rings is 1. The summed E-state index contributed by atoms with van der Waals surface area (Å²) in [5, 5.41) is 28.8. The van der Waals surface area contributed by atoms with Crippen molar-refractivity contribution in [2.75, 3.05) is 18.0 Å². The van der Waals surface area contributed by atoms with Gasteiger partial charge in [-0.2, -0.15) is 0 Å². The van der Waals surface area contributed by atoms with Gasteiger partial charge in [-0.05, 0) is 17.9 Å². The summed E-state index contributed by atoms with van der Waals surface area (Å²) < 4.78 is 43.8. The van der Waals surface area contributed by atoms with Crippen molar-refractivity contribution in [3.8, 4) is 17.2 Å². The summed E-state index contributed by atoms with van der Waals surface area (Å²) >= 11 is 0. The van der Waals surface area contributed by atoms with Crippen LogP contribution < -0.4 is 16.1 Å². The van der Waals surface area contributed by atoms with Crippen molar-refractivity contribution >= 4 is 22.8 Å². The zero-order chi connectivity index (χ0) is 23.1. The van der Waals surface area contributed by atoms with Crippen molar-refractivity contribution in [2.45, 2.75) is 6.04 Å². The molecule has 1 saturated carbocycles. The van der Waals surface area contributed by atoms with Crippen molar-refractivity contribution in [3.05, 3.63) is 51.6 Å². The first-order chi connectivity index (χ1) is 15.1. The maximum absolute atomic E-state index is 14.9. The molecule has 3 aromatic rings. The van der Waals surface area contributed by atoms with Crippen LogP contribution in [0.3, 0.4) is 0 Å². The van der Waals surface area contributed by atoms with Gasteiger partial charge in [0.1, 0.15) is 11.3 Å². The molecule has 166 valence electrons. The minimum absolute atomic E-state index is 0.0132. The van der Waals surface area contributed by atoms with E-state index in [4.69, 9.17) is 5.73 Å². The number of aromatic hydroxyl groups is 2. The number of nitrogens with two attached hydrogens (primary N) is 1. The van der Waals surface area contributed by atoms with Crippen LogP contribution in [0.15, 0.2) is 23.1 Å². The summed E-state index contributed by atoms with van der Waals surface area (Å²) in [7, 11) is 0. The highest BCUT2D eigenvalue weighted by Gasteiger charge is 2.54. The molecule has 5 N–H and O–H groups in total. The number of carboxylic acid groups (broad SMARTS) is 1. The van der Waals surface area contributed by atoms with Crippen LogP contribution in [0.25, 0.3) is 16.7 Å². The Kier molecular flexibility index (Phi) is 4.15. The van der Waals surface area contributed by atoms with Crippen molar-refractivity contribution in [1.82, 2.24) is 9.55 Å². The maximum Gasteiger partial charge on any atom is 0.341 e. The number of aromatic nitrogens is 2. The fourth-order valence-corrected chi connectivity index (χ4v) is 4.32. The number of aromatic carboxylic acids is 1. The molecule has 2 aromatic heterocycles. The predicted octanol–water partition coefficient (Wildman–Crippen LogP) is 1.31. The third-order valence-electron chi connectivity index (χ3n) is 6.10. The van der Waals surface area contributed by atoms with E-state index in [1.165, 1.54) is 0 Å². The van der Waals surface area contributed by atoms with E-state index >= 15 is 0 Å². The van der Waals surface area contributed by atoms with E-state index in [0.29, 0.717) is 23.9 Å². The molecule has 2 fully saturated rings. The molecule has 1 aromatic carbocycles. The summed E-state index contributed by atoms with van der Waals surface area (Å²) in [5.74, 6) is -7.80. The molecule has 3 atom stereocenters. The molecule has 12 heteroatoms. The molecule has 0 bridgehead atoms. The maximum atomic E-state index is 14.9. The molecule has 2 aliphatic rings. The minimum Gasteiger partial charge on any atom is -0.503 e.